The number of alkyl halides is 4. The van der Waals surface area contributed by atoms with Crippen molar-refractivity contribution in [2.24, 2.45) is 0 Å². The van der Waals surface area contributed by atoms with Crippen LogP contribution in [0.3, 0.4) is 0 Å². The second kappa shape index (κ2) is 6.02. The fourth-order valence-corrected chi connectivity index (χ4v) is 3.09. The number of benzene rings is 2. The quantitative estimate of drug-likeness (QED) is 0.496. The summed E-state index contributed by atoms with van der Waals surface area (Å²) in [5, 5.41) is 0.326. The number of pyridine rings is 1. The molecule has 1 unspecified atom stereocenters. The summed E-state index contributed by atoms with van der Waals surface area (Å²) in [6, 6.07) is 11.9. The van der Waals surface area contributed by atoms with E-state index in [0.717, 1.165) is 12.1 Å². The van der Waals surface area contributed by atoms with Crippen molar-refractivity contribution >= 4 is 34.1 Å². The molecule has 0 spiro atoms. The molecule has 118 valence electrons. The SMILES string of the molecule is FC(F)(F)c1cccc(C(Cl)c2ccc3ncccc3c2Cl)c1. The second-order valence-corrected chi connectivity index (χ2v) is 5.84. The summed E-state index contributed by atoms with van der Waals surface area (Å²) in [6.45, 7) is 0. The van der Waals surface area contributed by atoms with Crippen LogP contribution in [0.1, 0.15) is 22.1 Å². The van der Waals surface area contributed by atoms with Crippen molar-refractivity contribution in [3.8, 4) is 0 Å². The van der Waals surface area contributed by atoms with Gasteiger partial charge in [0.1, 0.15) is 0 Å². The molecule has 1 atom stereocenters. The molecule has 0 saturated carbocycles. The van der Waals surface area contributed by atoms with Crippen molar-refractivity contribution in [2.75, 3.05) is 0 Å². The average Bonchev–Trinajstić information content (AvgIpc) is 2.54. The average molecular weight is 356 g/mol. The molecule has 0 aliphatic rings. The molecule has 0 radical (unpaired) electrons. The van der Waals surface area contributed by atoms with Gasteiger partial charge in [0.05, 0.1) is 21.5 Å². The summed E-state index contributed by atoms with van der Waals surface area (Å²) < 4.78 is 38.5. The minimum absolute atomic E-state index is 0.339. The Hall–Kier alpha value is -1.78. The first kappa shape index (κ1) is 16.1. The molecule has 0 N–H and O–H groups in total. The fraction of sp³-hybridized carbons (Fsp3) is 0.118. The van der Waals surface area contributed by atoms with Crippen LogP contribution in [0.5, 0.6) is 0 Å². The summed E-state index contributed by atoms with van der Waals surface area (Å²) in [7, 11) is 0. The van der Waals surface area contributed by atoms with Crippen molar-refractivity contribution in [1.29, 1.82) is 0 Å². The molecule has 1 heterocycles. The van der Waals surface area contributed by atoms with Gasteiger partial charge in [-0.2, -0.15) is 13.2 Å². The molecule has 23 heavy (non-hydrogen) atoms. The Morgan fingerprint density at radius 3 is 2.52 bits per heavy atom. The first-order valence-corrected chi connectivity index (χ1v) is 7.54. The Kier molecular flexibility index (Phi) is 4.21. The number of hydrogen-bond donors (Lipinski definition) is 0. The van der Waals surface area contributed by atoms with Gasteiger partial charge in [-0.25, -0.2) is 0 Å². The maximum Gasteiger partial charge on any atom is 0.416 e. The highest BCUT2D eigenvalue weighted by Crippen LogP contribution is 2.39. The Morgan fingerprint density at radius 2 is 1.78 bits per heavy atom. The molecule has 0 fully saturated rings. The van der Waals surface area contributed by atoms with Crippen molar-refractivity contribution in [2.45, 2.75) is 11.6 Å². The van der Waals surface area contributed by atoms with Gasteiger partial charge >= 0.3 is 6.18 Å². The Bertz CT molecular complexity index is 862. The fourth-order valence-electron chi connectivity index (χ4n) is 2.38. The van der Waals surface area contributed by atoms with Gasteiger partial charge in [-0.3, -0.25) is 4.98 Å². The van der Waals surface area contributed by atoms with Crippen LogP contribution in [-0.2, 0) is 6.18 Å². The lowest BCUT2D eigenvalue weighted by Crippen LogP contribution is -2.06. The summed E-state index contributed by atoms with van der Waals surface area (Å²) in [5.74, 6) is 0. The monoisotopic (exact) mass is 355 g/mol. The van der Waals surface area contributed by atoms with Crippen LogP contribution in [0.25, 0.3) is 10.9 Å². The molecule has 3 aromatic rings. The third-order valence-electron chi connectivity index (χ3n) is 3.53. The van der Waals surface area contributed by atoms with E-state index in [1.807, 2.05) is 0 Å². The van der Waals surface area contributed by atoms with E-state index < -0.39 is 17.1 Å². The van der Waals surface area contributed by atoms with Gasteiger partial charge in [-0.05, 0) is 41.5 Å². The first-order chi connectivity index (χ1) is 10.9. The van der Waals surface area contributed by atoms with Gasteiger partial charge < -0.3 is 0 Å². The summed E-state index contributed by atoms with van der Waals surface area (Å²) in [6.07, 6.45) is -2.77. The number of hydrogen-bond acceptors (Lipinski definition) is 1. The van der Waals surface area contributed by atoms with Gasteiger partial charge in [-0.1, -0.05) is 29.8 Å². The van der Waals surface area contributed by atoms with Crippen LogP contribution in [0.15, 0.2) is 54.7 Å². The lowest BCUT2D eigenvalue weighted by Gasteiger charge is -2.15. The molecule has 2 aromatic carbocycles. The van der Waals surface area contributed by atoms with Crippen LogP contribution in [0, 0.1) is 0 Å². The normalized spacial score (nSPS) is 13.3. The molecule has 0 aliphatic heterocycles. The lowest BCUT2D eigenvalue weighted by atomic mass is 10.0. The van der Waals surface area contributed by atoms with Crippen LogP contribution >= 0.6 is 23.2 Å². The molecule has 1 nitrogen and oxygen atoms in total. The third kappa shape index (κ3) is 3.14. The first-order valence-electron chi connectivity index (χ1n) is 6.72. The third-order valence-corrected chi connectivity index (χ3v) is 4.44. The maximum absolute atomic E-state index is 12.8. The number of halogens is 5. The summed E-state index contributed by atoms with van der Waals surface area (Å²) >= 11 is 12.8. The van der Waals surface area contributed by atoms with Gasteiger partial charge in [0, 0.05) is 11.6 Å². The van der Waals surface area contributed by atoms with Crippen LogP contribution < -0.4 is 0 Å². The predicted octanol–water partition coefficient (Wildman–Crippen LogP) is 6.24. The molecular weight excluding hydrogens is 346 g/mol. The van der Waals surface area contributed by atoms with E-state index in [1.54, 1.807) is 36.5 Å². The molecule has 0 saturated heterocycles. The number of nitrogens with zero attached hydrogens (tertiary/aromatic N) is 1. The van der Waals surface area contributed by atoms with E-state index in [9.17, 15) is 13.2 Å². The smallest absolute Gasteiger partial charge is 0.256 e. The zero-order valence-electron chi connectivity index (χ0n) is 11.6. The van der Waals surface area contributed by atoms with Gasteiger partial charge in [0.2, 0.25) is 0 Å². The molecule has 0 amide bonds. The van der Waals surface area contributed by atoms with Gasteiger partial charge in [-0.15, -0.1) is 11.6 Å². The van der Waals surface area contributed by atoms with Crippen molar-refractivity contribution in [3.05, 3.63) is 76.4 Å². The van der Waals surface area contributed by atoms with E-state index in [1.165, 1.54) is 6.07 Å². The highest BCUT2D eigenvalue weighted by molar-refractivity contribution is 6.37. The largest absolute Gasteiger partial charge is 0.416 e. The van der Waals surface area contributed by atoms with Crippen molar-refractivity contribution in [1.82, 2.24) is 4.98 Å². The molecule has 6 heteroatoms. The zero-order chi connectivity index (χ0) is 16.6. The van der Waals surface area contributed by atoms with E-state index in [4.69, 9.17) is 23.2 Å². The van der Waals surface area contributed by atoms with E-state index in [2.05, 4.69) is 4.98 Å². The highest BCUT2D eigenvalue weighted by atomic mass is 35.5. The Labute approximate surface area is 140 Å². The number of rotatable bonds is 2. The standard InChI is InChI=1S/C17H10Cl2F3N/c18-15(10-3-1-4-11(9-10)17(20,21)22)13-6-7-14-12(16(13)19)5-2-8-23-14/h1-9,15H. The summed E-state index contributed by atoms with van der Waals surface area (Å²) in [4.78, 5) is 4.19. The zero-order valence-corrected chi connectivity index (χ0v) is 13.1. The minimum atomic E-state index is -4.41. The predicted molar refractivity (Wildman–Crippen MR) is 85.9 cm³/mol. The minimum Gasteiger partial charge on any atom is -0.256 e. The Balaban J connectivity index is 2.07. The van der Waals surface area contributed by atoms with Gasteiger partial charge in [0.25, 0.3) is 0 Å². The van der Waals surface area contributed by atoms with E-state index in [0.29, 0.717) is 27.1 Å². The van der Waals surface area contributed by atoms with Crippen LogP contribution in [-0.4, -0.2) is 4.98 Å². The molecule has 1 aromatic heterocycles. The van der Waals surface area contributed by atoms with Crippen LogP contribution in [0.4, 0.5) is 13.2 Å². The second-order valence-electron chi connectivity index (χ2n) is 5.02. The Morgan fingerprint density at radius 1 is 1.00 bits per heavy atom. The van der Waals surface area contributed by atoms with Crippen molar-refractivity contribution < 1.29 is 13.2 Å². The molecule has 0 aliphatic carbocycles. The summed E-state index contributed by atoms with van der Waals surface area (Å²) in [5.41, 5.74) is 0.855. The van der Waals surface area contributed by atoms with E-state index in [-0.39, 0.29) is 0 Å². The van der Waals surface area contributed by atoms with Crippen molar-refractivity contribution in [3.63, 3.8) is 0 Å². The topological polar surface area (TPSA) is 12.9 Å². The number of fused-ring (bicyclic) bond motifs is 1. The maximum atomic E-state index is 12.8. The lowest BCUT2D eigenvalue weighted by molar-refractivity contribution is -0.137. The van der Waals surface area contributed by atoms with Gasteiger partial charge in [0.15, 0.2) is 0 Å². The molecule has 0 bridgehead atoms. The highest BCUT2D eigenvalue weighted by Gasteiger charge is 2.31. The molecule has 3 rings (SSSR count). The number of aromatic nitrogens is 1. The van der Waals surface area contributed by atoms with E-state index >= 15 is 0 Å². The molecular formula is C17H10Cl2F3N. The van der Waals surface area contributed by atoms with Crippen LogP contribution in [0.2, 0.25) is 5.02 Å².